The van der Waals surface area contributed by atoms with Crippen LogP contribution < -0.4 is 10.1 Å². The third-order valence-corrected chi connectivity index (χ3v) is 6.92. The van der Waals surface area contributed by atoms with Crippen LogP contribution in [0.2, 0.25) is 5.02 Å². The fraction of sp³-hybridized carbons (Fsp3) is 0.360. The highest BCUT2D eigenvalue weighted by molar-refractivity contribution is 6.30. The van der Waals surface area contributed by atoms with Crippen molar-refractivity contribution in [3.05, 3.63) is 71.4 Å². The van der Waals surface area contributed by atoms with Crippen LogP contribution in [0.5, 0.6) is 5.75 Å². The lowest BCUT2D eigenvalue weighted by Crippen LogP contribution is -2.37. The van der Waals surface area contributed by atoms with Crippen molar-refractivity contribution in [1.29, 1.82) is 0 Å². The van der Waals surface area contributed by atoms with Gasteiger partial charge in [-0.15, -0.1) is 0 Å². The molecular formula is C25H25ClN2O2. The number of carbonyl (C=O) groups excluding carboxylic acids is 1. The van der Waals surface area contributed by atoms with Crippen molar-refractivity contribution in [2.75, 3.05) is 0 Å². The minimum atomic E-state index is -0.0153. The summed E-state index contributed by atoms with van der Waals surface area (Å²) >= 11 is 5.93. The highest BCUT2D eigenvalue weighted by atomic mass is 35.5. The molecule has 4 nitrogen and oxygen atoms in total. The maximum Gasteiger partial charge on any atom is 0.251 e. The van der Waals surface area contributed by atoms with E-state index in [1.807, 2.05) is 24.4 Å². The Morgan fingerprint density at radius 1 is 1.17 bits per heavy atom. The lowest BCUT2D eigenvalue weighted by Gasteiger charge is -2.22. The Morgan fingerprint density at radius 3 is 2.63 bits per heavy atom. The Labute approximate surface area is 181 Å². The van der Waals surface area contributed by atoms with Gasteiger partial charge < -0.3 is 10.1 Å². The average Bonchev–Trinajstić information content (AvgIpc) is 3.25. The van der Waals surface area contributed by atoms with E-state index in [0.29, 0.717) is 28.3 Å². The van der Waals surface area contributed by atoms with Gasteiger partial charge in [0.1, 0.15) is 5.75 Å². The third-order valence-electron chi connectivity index (χ3n) is 6.66. The van der Waals surface area contributed by atoms with E-state index in [0.717, 1.165) is 35.9 Å². The summed E-state index contributed by atoms with van der Waals surface area (Å²) in [6, 6.07) is 17.4. The number of rotatable bonds is 6. The van der Waals surface area contributed by atoms with Crippen LogP contribution in [-0.4, -0.2) is 23.0 Å². The second kappa shape index (κ2) is 7.92. The highest BCUT2D eigenvalue weighted by Gasteiger charge is 2.59. The maximum absolute atomic E-state index is 12.6. The van der Waals surface area contributed by atoms with Crippen LogP contribution in [0.1, 0.15) is 36.5 Å². The Morgan fingerprint density at radius 2 is 1.90 bits per heavy atom. The molecule has 30 heavy (non-hydrogen) atoms. The number of carbonyl (C=O) groups is 1. The molecule has 2 aliphatic rings. The summed E-state index contributed by atoms with van der Waals surface area (Å²) in [4.78, 5) is 17.1. The molecule has 2 saturated carbocycles. The fourth-order valence-corrected chi connectivity index (χ4v) is 5.29. The van der Waals surface area contributed by atoms with Crippen molar-refractivity contribution < 1.29 is 9.53 Å². The van der Waals surface area contributed by atoms with E-state index >= 15 is 0 Å². The zero-order valence-electron chi connectivity index (χ0n) is 16.9. The SMILES string of the molecule is CC[C@H](NC(=O)c1ccc(Cl)cc1)C1[C@H]2CC(Oc3cnc4ccccc4c3)C[C@H]12. The molecule has 5 heteroatoms. The number of ether oxygens (including phenoxy) is 1. The monoisotopic (exact) mass is 420 g/mol. The molecule has 1 amide bonds. The molecule has 2 aliphatic carbocycles. The molecule has 1 aromatic heterocycles. The van der Waals surface area contributed by atoms with Gasteiger partial charge in [0.15, 0.2) is 0 Å². The number of fused-ring (bicyclic) bond motifs is 2. The smallest absolute Gasteiger partial charge is 0.251 e. The minimum Gasteiger partial charge on any atom is -0.489 e. The van der Waals surface area contributed by atoms with Crippen molar-refractivity contribution in [3.63, 3.8) is 0 Å². The van der Waals surface area contributed by atoms with Gasteiger partial charge in [-0.25, -0.2) is 0 Å². The number of nitrogens with zero attached hydrogens (tertiary/aromatic N) is 1. The van der Waals surface area contributed by atoms with Crippen LogP contribution in [0.15, 0.2) is 60.8 Å². The molecule has 0 saturated heterocycles. The van der Waals surface area contributed by atoms with Gasteiger partial charge in [-0.2, -0.15) is 0 Å². The molecule has 0 unspecified atom stereocenters. The van der Waals surface area contributed by atoms with Gasteiger partial charge in [0, 0.05) is 22.0 Å². The van der Waals surface area contributed by atoms with Crippen molar-refractivity contribution in [1.82, 2.24) is 10.3 Å². The van der Waals surface area contributed by atoms with E-state index in [4.69, 9.17) is 16.3 Å². The number of hydrogen-bond acceptors (Lipinski definition) is 3. The highest BCUT2D eigenvalue weighted by Crippen LogP contribution is 2.60. The van der Waals surface area contributed by atoms with E-state index in [2.05, 4.69) is 29.4 Å². The molecule has 1 heterocycles. The van der Waals surface area contributed by atoms with Gasteiger partial charge in [-0.3, -0.25) is 9.78 Å². The third kappa shape index (κ3) is 3.77. The van der Waals surface area contributed by atoms with E-state index in [-0.39, 0.29) is 18.1 Å². The van der Waals surface area contributed by atoms with E-state index < -0.39 is 0 Å². The molecular weight excluding hydrogens is 396 g/mol. The molecule has 1 N–H and O–H groups in total. The average molecular weight is 421 g/mol. The normalized spacial score (nSPS) is 23.7. The van der Waals surface area contributed by atoms with E-state index in [1.165, 1.54) is 0 Å². The van der Waals surface area contributed by atoms with Crippen molar-refractivity contribution >= 4 is 28.4 Å². The van der Waals surface area contributed by atoms with Gasteiger partial charge in [-0.1, -0.05) is 36.7 Å². The first-order chi connectivity index (χ1) is 14.6. The van der Waals surface area contributed by atoms with Gasteiger partial charge in [-0.05, 0) is 73.4 Å². The Bertz CT molecular complexity index is 1060. The van der Waals surface area contributed by atoms with E-state index in [1.54, 1.807) is 24.3 Å². The van der Waals surface area contributed by atoms with Gasteiger partial charge in [0.05, 0.1) is 17.8 Å². The maximum atomic E-state index is 12.6. The standard InChI is InChI=1S/C25H25ClN2O2/c1-2-22(28-25(29)15-7-9-17(26)10-8-15)24-20-12-18(13-21(20)24)30-19-11-16-5-3-4-6-23(16)27-14-19/h3-11,14,18,20-22,24H,2,12-13H2,1H3,(H,28,29)/t18?,20-,21-,22-,24?/m0/s1. The number of aromatic nitrogens is 1. The quantitative estimate of drug-likeness (QED) is 0.572. The van der Waals surface area contributed by atoms with Crippen LogP contribution >= 0.6 is 11.6 Å². The van der Waals surface area contributed by atoms with Crippen molar-refractivity contribution in [3.8, 4) is 5.75 Å². The first-order valence-corrected chi connectivity index (χ1v) is 11.1. The number of nitrogens with one attached hydrogen (secondary N) is 1. The lowest BCUT2D eigenvalue weighted by atomic mass is 10.00. The molecule has 2 aromatic carbocycles. The molecule has 5 rings (SSSR count). The summed E-state index contributed by atoms with van der Waals surface area (Å²) in [7, 11) is 0. The predicted molar refractivity (Wildman–Crippen MR) is 119 cm³/mol. The largest absolute Gasteiger partial charge is 0.489 e. The molecule has 0 spiro atoms. The molecule has 0 aliphatic heterocycles. The molecule has 0 bridgehead atoms. The van der Waals surface area contributed by atoms with Gasteiger partial charge >= 0.3 is 0 Å². The van der Waals surface area contributed by atoms with Crippen LogP contribution in [0.3, 0.4) is 0 Å². The Balaban J connectivity index is 1.17. The molecule has 2 fully saturated rings. The lowest BCUT2D eigenvalue weighted by molar-refractivity contribution is 0.0924. The summed E-state index contributed by atoms with van der Waals surface area (Å²) in [5, 5.41) is 4.99. The number of halogens is 1. The van der Waals surface area contributed by atoms with Crippen molar-refractivity contribution in [2.45, 2.75) is 38.3 Å². The Kier molecular flexibility index (Phi) is 5.11. The second-order valence-electron chi connectivity index (χ2n) is 8.48. The summed E-state index contributed by atoms with van der Waals surface area (Å²) in [6.07, 6.45) is 5.11. The molecule has 3 atom stereocenters. The summed E-state index contributed by atoms with van der Waals surface area (Å²) in [5.41, 5.74) is 1.65. The van der Waals surface area contributed by atoms with Crippen LogP contribution in [0, 0.1) is 17.8 Å². The number of hydrogen-bond donors (Lipinski definition) is 1. The zero-order chi connectivity index (χ0) is 20.7. The molecule has 0 radical (unpaired) electrons. The minimum absolute atomic E-state index is 0.0153. The molecule has 154 valence electrons. The number of benzene rings is 2. The van der Waals surface area contributed by atoms with Crippen LogP contribution in [0.25, 0.3) is 10.9 Å². The van der Waals surface area contributed by atoms with Gasteiger partial charge in [0.2, 0.25) is 0 Å². The number of pyridine rings is 1. The molecule has 3 aromatic rings. The number of para-hydroxylation sites is 1. The first kappa shape index (κ1) is 19.4. The number of amides is 1. The predicted octanol–water partition coefficient (Wildman–Crippen LogP) is 5.50. The summed E-state index contributed by atoms with van der Waals surface area (Å²) in [6.45, 7) is 2.15. The first-order valence-electron chi connectivity index (χ1n) is 10.7. The fourth-order valence-electron chi connectivity index (χ4n) is 5.17. The zero-order valence-corrected chi connectivity index (χ0v) is 17.7. The van der Waals surface area contributed by atoms with Crippen molar-refractivity contribution in [2.24, 2.45) is 17.8 Å². The topological polar surface area (TPSA) is 51.2 Å². The second-order valence-corrected chi connectivity index (χ2v) is 8.91. The summed E-state index contributed by atoms with van der Waals surface area (Å²) < 4.78 is 6.25. The van der Waals surface area contributed by atoms with Crippen LogP contribution in [-0.2, 0) is 0 Å². The Hall–Kier alpha value is -2.59. The van der Waals surface area contributed by atoms with E-state index in [9.17, 15) is 4.79 Å². The van der Waals surface area contributed by atoms with Crippen LogP contribution in [0.4, 0.5) is 0 Å². The summed E-state index contributed by atoms with van der Waals surface area (Å²) in [5.74, 6) is 2.66. The van der Waals surface area contributed by atoms with Gasteiger partial charge in [0.25, 0.3) is 5.91 Å².